The van der Waals surface area contributed by atoms with E-state index in [4.69, 9.17) is 16.3 Å². The number of carbonyl (C=O) groups is 1. The summed E-state index contributed by atoms with van der Waals surface area (Å²) < 4.78 is 5.28. The van der Waals surface area contributed by atoms with Crippen LogP contribution in [0, 0.1) is 12.8 Å². The molecule has 0 spiro atoms. The average Bonchev–Trinajstić information content (AvgIpc) is 2.43. The molecule has 2 unspecified atom stereocenters. The van der Waals surface area contributed by atoms with Crippen LogP contribution >= 0.6 is 11.6 Å². The van der Waals surface area contributed by atoms with Crippen LogP contribution in [-0.4, -0.2) is 25.6 Å². The van der Waals surface area contributed by atoms with Gasteiger partial charge in [0.1, 0.15) is 5.75 Å². The predicted octanol–water partition coefficient (Wildman–Crippen LogP) is 2.98. The van der Waals surface area contributed by atoms with Crippen LogP contribution < -0.4 is 15.4 Å². The van der Waals surface area contributed by atoms with Crippen LogP contribution in [0.4, 0.5) is 5.69 Å². The lowest BCUT2D eigenvalue weighted by Crippen LogP contribution is -2.48. The molecule has 0 saturated carbocycles. The molecule has 20 heavy (non-hydrogen) atoms. The highest BCUT2D eigenvalue weighted by molar-refractivity contribution is 6.31. The number of amides is 1. The number of nitrogens with one attached hydrogen (secondary N) is 2. The zero-order valence-electron chi connectivity index (χ0n) is 12.1. The van der Waals surface area contributed by atoms with Crippen molar-refractivity contribution in [3.8, 4) is 5.75 Å². The van der Waals surface area contributed by atoms with Crippen molar-refractivity contribution in [1.82, 2.24) is 5.32 Å². The third-order valence-corrected chi connectivity index (χ3v) is 4.20. The topological polar surface area (TPSA) is 50.4 Å². The molecule has 4 nitrogen and oxygen atoms in total. The van der Waals surface area contributed by atoms with Crippen LogP contribution in [0.5, 0.6) is 5.75 Å². The number of halogens is 1. The van der Waals surface area contributed by atoms with E-state index in [0.29, 0.717) is 22.4 Å². The van der Waals surface area contributed by atoms with Crippen molar-refractivity contribution in [1.29, 1.82) is 0 Å². The predicted molar refractivity (Wildman–Crippen MR) is 81.6 cm³/mol. The van der Waals surface area contributed by atoms with Crippen LogP contribution in [0.25, 0.3) is 0 Å². The fraction of sp³-hybridized carbons (Fsp3) is 0.533. The molecule has 1 aliphatic rings. The molecule has 1 heterocycles. The monoisotopic (exact) mass is 296 g/mol. The molecule has 0 aliphatic carbocycles. The van der Waals surface area contributed by atoms with Crippen molar-refractivity contribution in [3.05, 3.63) is 22.7 Å². The summed E-state index contributed by atoms with van der Waals surface area (Å²) in [5, 5.41) is 6.85. The van der Waals surface area contributed by atoms with E-state index < -0.39 is 0 Å². The van der Waals surface area contributed by atoms with Gasteiger partial charge < -0.3 is 15.4 Å². The Balaban J connectivity index is 2.16. The zero-order chi connectivity index (χ0) is 14.7. The minimum absolute atomic E-state index is 0.0165. The van der Waals surface area contributed by atoms with E-state index in [1.807, 2.05) is 13.0 Å². The molecule has 0 bridgehead atoms. The van der Waals surface area contributed by atoms with Gasteiger partial charge in [0.2, 0.25) is 5.91 Å². The Kier molecular flexibility index (Phi) is 4.89. The molecule has 1 aromatic rings. The van der Waals surface area contributed by atoms with Crippen molar-refractivity contribution in [2.24, 2.45) is 5.92 Å². The molecule has 2 rings (SSSR count). The van der Waals surface area contributed by atoms with Gasteiger partial charge in [0.25, 0.3) is 0 Å². The fourth-order valence-electron chi connectivity index (χ4n) is 2.54. The second-order valence-corrected chi connectivity index (χ2v) is 5.75. The van der Waals surface area contributed by atoms with E-state index in [1.54, 1.807) is 13.2 Å². The Morgan fingerprint density at radius 1 is 1.50 bits per heavy atom. The Labute approximate surface area is 124 Å². The lowest BCUT2D eigenvalue weighted by Gasteiger charge is -2.29. The normalized spacial score (nSPS) is 22.4. The van der Waals surface area contributed by atoms with Gasteiger partial charge in [-0.2, -0.15) is 0 Å². The largest absolute Gasteiger partial charge is 0.495 e. The first-order valence-corrected chi connectivity index (χ1v) is 7.29. The molecule has 1 saturated heterocycles. The van der Waals surface area contributed by atoms with Gasteiger partial charge in [-0.3, -0.25) is 4.79 Å². The van der Waals surface area contributed by atoms with Crippen LogP contribution in [0.3, 0.4) is 0 Å². The first-order chi connectivity index (χ1) is 9.52. The van der Waals surface area contributed by atoms with Crippen LogP contribution in [0.15, 0.2) is 12.1 Å². The molecule has 5 heteroatoms. The van der Waals surface area contributed by atoms with Gasteiger partial charge in [-0.05, 0) is 43.9 Å². The Morgan fingerprint density at radius 2 is 2.25 bits per heavy atom. The molecule has 0 aromatic heterocycles. The number of benzene rings is 1. The number of anilines is 1. The highest BCUT2D eigenvalue weighted by Gasteiger charge is 2.27. The highest BCUT2D eigenvalue weighted by Crippen LogP contribution is 2.31. The van der Waals surface area contributed by atoms with Crippen LogP contribution in [-0.2, 0) is 4.79 Å². The summed E-state index contributed by atoms with van der Waals surface area (Å²) in [7, 11) is 1.57. The third-order valence-electron chi connectivity index (χ3n) is 3.79. The molecule has 1 aliphatic heterocycles. The molecule has 2 atom stereocenters. The quantitative estimate of drug-likeness (QED) is 0.901. The SMILES string of the molecule is COc1cc(Cl)c(C)cc1NC(=O)C1NCCCC1C. The van der Waals surface area contributed by atoms with Crippen molar-refractivity contribution in [3.63, 3.8) is 0 Å². The maximum atomic E-state index is 12.4. The van der Waals surface area contributed by atoms with Gasteiger partial charge in [-0.1, -0.05) is 18.5 Å². The lowest BCUT2D eigenvalue weighted by atomic mass is 9.92. The van der Waals surface area contributed by atoms with E-state index in [2.05, 4.69) is 17.6 Å². The van der Waals surface area contributed by atoms with Gasteiger partial charge >= 0.3 is 0 Å². The van der Waals surface area contributed by atoms with Gasteiger partial charge in [-0.15, -0.1) is 0 Å². The molecule has 2 N–H and O–H groups in total. The fourth-order valence-corrected chi connectivity index (χ4v) is 2.69. The molecular weight excluding hydrogens is 276 g/mol. The molecule has 110 valence electrons. The van der Waals surface area contributed by atoms with E-state index >= 15 is 0 Å². The van der Waals surface area contributed by atoms with Crippen molar-refractivity contribution >= 4 is 23.2 Å². The Bertz CT molecular complexity index is 505. The minimum Gasteiger partial charge on any atom is -0.495 e. The number of methoxy groups -OCH3 is 1. The second-order valence-electron chi connectivity index (χ2n) is 5.34. The summed E-state index contributed by atoms with van der Waals surface area (Å²) in [6.45, 7) is 4.89. The summed E-state index contributed by atoms with van der Waals surface area (Å²) in [6.07, 6.45) is 2.19. The summed E-state index contributed by atoms with van der Waals surface area (Å²) in [4.78, 5) is 12.4. The standard InChI is InChI=1S/C15H21ClN2O2/c1-9-5-4-6-17-14(9)15(19)18-12-7-10(2)11(16)8-13(12)20-3/h7-9,14,17H,4-6H2,1-3H3,(H,18,19). The Hall–Kier alpha value is -1.26. The van der Waals surface area contributed by atoms with E-state index in [0.717, 1.165) is 24.9 Å². The minimum atomic E-state index is -0.149. The third kappa shape index (κ3) is 3.25. The van der Waals surface area contributed by atoms with Gasteiger partial charge in [0.15, 0.2) is 0 Å². The maximum absolute atomic E-state index is 12.4. The number of piperidine rings is 1. The lowest BCUT2D eigenvalue weighted by molar-refractivity contribution is -0.119. The molecular formula is C15H21ClN2O2. The number of carbonyl (C=O) groups excluding carboxylic acids is 1. The second kappa shape index (κ2) is 6.46. The molecule has 1 aromatic carbocycles. The first-order valence-electron chi connectivity index (χ1n) is 6.91. The van der Waals surface area contributed by atoms with Gasteiger partial charge in [0, 0.05) is 11.1 Å². The molecule has 0 radical (unpaired) electrons. The Morgan fingerprint density at radius 3 is 2.90 bits per heavy atom. The maximum Gasteiger partial charge on any atom is 0.241 e. The first kappa shape index (κ1) is 15.1. The highest BCUT2D eigenvalue weighted by atomic mass is 35.5. The summed E-state index contributed by atoms with van der Waals surface area (Å²) in [5.41, 5.74) is 1.58. The summed E-state index contributed by atoms with van der Waals surface area (Å²) in [5.74, 6) is 0.901. The zero-order valence-corrected chi connectivity index (χ0v) is 12.9. The smallest absolute Gasteiger partial charge is 0.241 e. The summed E-state index contributed by atoms with van der Waals surface area (Å²) in [6, 6.07) is 3.42. The van der Waals surface area contributed by atoms with Crippen molar-refractivity contribution in [2.75, 3.05) is 19.0 Å². The number of hydrogen-bond donors (Lipinski definition) is 2. The number of aryl methyl sites for hydroxylation is 1. The number of ether oxygens (including phenoxy) is 1. The van der Waals surface area contributed by atoms with Crippen molar-refractivity contribution in [2.45, 2.75) is 32.7 Å². The average molecular weight is 297 g/mol. The number of rotatable bonds is 3. The van der Waals surface area contributed by atoms with E-state index in [9.17, 15) is 4.79 Å². The van der Waals surface area contributed by atoms with Crippen molar-refractivity contribution < 1.29 is 9.53 Å². The van der Waals surface area contributed by atoms with E-state index in [-0.39, 0.29) is 11.9 Å². The van der Waals surface area contributed by atoms with Gasteiger partial charge in [0.05, 0.1) is 18.8 Å². The number of hydrogen-bond acceptors (Lipinski definition) is 3. The van der Waals surface area contributed by atoms with Crippen LogP contribution in [0.2, 0.25) is 5.02 Å². The van der Waals surface area contributed by atoms with Gasteiger partial charge in [-0.25, -0.2) is 0 Å². The molecule has 1 amide bonds. The van der Waals surface area contributed by atoms with Crippen LogP contribution in [0.1, 0.15) is 25.3 Å². The van der Waals surface area contributed by atoms with E-state index in [1.165, 1.54) is 0 Å². The molecule has 1 fully saturated rings. The summed E-state index contributed by atoms with van der Waals surface area (Å²) >= 11 is 6.07.